The molecule has 0 unspecified atom stereocenters. The normalized spacial score (nSPS) is 13.1. The van der Waals surface area contributed by atoms with E-state index in [0.29, 0.717) is 12.1 Å². The van der Waals surface area contributed by atoms with Crippen LogP contribution in [0.4, 0.5) is 26.3 Å². The second-order valence-electron chi connectivity index (χ2n) is 4.83. The average Bonchev–Trinajstić information content (AvgIpc) is 2.33. The minimum atomic E-state index is -5.99. The molecule has 0 atom stereocenters. The summed E-state index contributed by atoms with van der Waals surface area (Å²) in [6.07, 6.45) is -12.0. The van der Waals surface area contributed by atoms with Gasteiger partial charge in [0.15, 0.2) is 6.61 Å². The van der Waals surface area contributed by atoms with Gasteiger partial charge in [-0.1, -0.05) is 0 Å². The summed E-state index contributed by atoms with van der Waals surface area (Å²) in [5.74, 6) is -1.53. The Bertz CT molecular complexity index is 568. The number of ether oxygens (including phenoxy) is 1. The molecule has 0 aliphatic carbocycles. The van der Waals surface area contributed by atoms with E-state index in [1.165, 1.54) is 0 Å². The van der Waals surface area contributed by atoms with Crippen molar-refractivity contribution in [2.24, 2.45) is 0 Å². The maximum atomic E-state index is 12.8. The zero-order chi connectivity index (χ0) is 18.2. The molecule has 23 heavy (non-hydrogen) atoms. The van der Waals surface area contributed by atoms with Crippen LogP contribution in [0.2, 0.25) is 0 Å². The predicted molar refractivity (Wildman–Crippen MR) is 65.1 cm³/mol. The first-order valence-electron chi connectivity index (χ1n) is 6.04. The highest BCUT2D eigenvalue weighted by Crippen LogP contribution is 2.50. The zero-order valence-corrected chi connectivity index (χ0v) is 11.8. The van der Waals surface area contributed by atoms with Gasteiger partial charge in [-0.3, -0.25) is 0 Å². The number of carboxylic acids is 1. The lowest BCUT2D eigenvalue weighted by atomic mass is 9.89. The third kappa shape index (κ3) is 3.52. The summed E-state index contributed by atoms with van der Waals surface area (Å²) in [4.78, 5) is 10.4. The van der Waals surface area contributed by atoms with Crippen LogP contribution in [0.15, 0.2) is 12.1 Å². The van der Waals surface area contributed by atoms with Crippen molar-refractivity contribution in [3.8, 4) is 5.75 Å². The number of aliphatic carboxylic acids is 1. The quantitative estimate of drug-likeness (QED) is 0.823. The van der Waals surface area contributed by atoms with Crippen molar-refractivity contribution in [3.05, 3.63) is 28.8 Å². The molecule has 0 radical (unpaired) electrons. The van der Waals surface area contributed by atoms with Gasteiger partial charge >= 0.3 is 18.3 Å². The number of aryl methyl sites for hydroxylation is 2. The van der Waals surface area contributed by atoms with Crippen LogP contribution in [-0.2, 0) is 10.4 Å². The van der Waals surface area contributed by atoms with Gasteiger partial charge in [-0.25, -0.2) is 4.79 Å². The highest BCUT2D eigenvalue weighted by atomic mass is 19.4. The topological polar surface area (TPSA) is 66.8 Å². The Kier molecular flexibility index (Phi) is 4.90. The zero-order valence-electron chi connectivity index (χ0n) is 11.8. The molecular weight excluding hydrogens is 334 g/mol. The lowest BCUT2D eigenvalue weighted by Crippen LogP contribution is -2.54. The minimum Gasteiger partial charge on any atom is -0.481 e. The minimum absolute atomic E-state index is 0.164. The fraction of sp³-hybridized carbons (Fsp3) is 0.462. The van der Waals surface area contributed by atoms with Crippen LogP contribution in [0.1, 0.15) is 16.7 Å². The number of halogens is 6. The number of hydrogen-bond donors (Lipinski definition) is 2. The highest BCUT2D eigenvalue weighted by Gasteiger charge is 2.71. The Morgan fingerprint density at radius 3 is 1.74 bits per heavy atom. The van der Waals surface area contributed by atoms with E-state index in [1.54, 1.807) is 0 Å². The fourth-order valence-corrected chi connectivity index (χ4v) is 2.01. The molecule has 0 aliphatic heterocycles. The number of rotatable bonds is 4. The number of alkyl halides is 6. The molecule has 0 saturated carbocycles. The van der Waals surface area contributed by atoms with Gasteiger partial charge in [-0.2, -0.15) is 26.3 Å². The second kappa shape index (κ2) is 5.91. The molecule has 1 rings (SSSR count). The maximum Gasteiger partial charge on any atom is 0.430 e. The van der Waals surface area contributed by atoms with Gasteiger partial charge in [0.05, 0.1) is 0 Å². The monoisotopic (exact) mass is 346 g/mol. The molecule has 0 fully saturated rings. The van der Waals surface area contributed by atoms with Crippen molar-refractivity contribution in [2.75, 3.05) is 6.61 Å². The van der Waals surface area contributed by atoms with Crippen molar-refractivity contribution < 1.29 is 46.1 Å². The lowest BCUT2D eigenvalue weighted by Gasteiger charge is -2.33. The van der Waals surface area contributed by atoms with E-state index >= 15 is 0 Å². The third-order valence-corrected chi connectivity index (χ3v) is 3.04. The smallest absolute Gasteiger partial charge is 0.430 e. The Balaban J connectivity index is 3.46. The van der Waals surface area contributed by atoms with E-state index in [-0.39, 0.29) is 16.9 Å². The molecule has 1 aromatic rings. The van der Waals surface area contributed by atoms with Crippen LogP contribution in [0.3, 0.4) is 0 Å². The van der Waals surface area contributed by atoms with E-state index in [9.17, 15) is 36.2 Å². The standard InChI is InChI=1S/C13H12F6O4/c1-6-3-8(4-7(2)10(6)23-5-9(20)21)11(22,12(14,15)16)13(17,18)19/h3-4,22H,5H2,1-2H3,(H,20,21). The van der Waals surface area contributed by atoms with E-state index in [2.05, 4.69) is 0 Å². The Morgan fingerprint density at radius 1 is 1.04 bits per heavy atom. The summed E-state index contributed by atoms with van der Waals surface area (Å²) in [5.41, 5.74) is -6.81. The Labute approximate surface area is 126 Å². The molecule has 130 valence electrons. The Morgan fingerprint density at radius 2 is 1.43 bits per heavy atom. The van der Waals surface area contributed by atoms with Crippen LogP contribution in [0, 0.1) is 13.8 Å². The largest absolute Gasteiger partial charge is 0.481 e. The summed E-state index contributed by atoms with van der Waals surface area (Å²) < 4.78 is 81.8. The molecular formula is C13H12F6O4. The van der Waals surface area contributed by atoms with Crippen molar-refractivity contribution in [2.45, 2.75) is 31.8 Å². The predicted octanol–water partition coefficient (Wildman–Crippen LogP) is 3.08. The van der Waals surface area contributed by atoms with Gasteiger partial charge in [-0.15, -0.1) is 0 Å². The average molecular weight is 346 g/mol. The van der Waals surface area contributed by atoms with E-state index in [0.717, 1.165) is 13.8 Å². The highest BCUT2D eigenvalue weighted by molar-refractivity contribution is 5.68. The summed E-state index contributed by atoms with van der Waals surface area (Å²) in [5, 5.41) is 17.8. The number of carbonyl (C=O) groups is 1. The number of aliphatic hydroxyl groups is 1. The van der Waals surface area contributed by atoms with Gasteiger partial charge < -0.3 is 14.9 Å². The molecule has 0 heterocycles. The van der Waals surface area contributed by atoms with E-state index in [1.807, 2.05) is 0 Å². The molecule has 1 aromatic carbocycles. The van der Waals surface area contributed by atoms with E-state index in [4.69, 9.17) is 9.84 Å². The third-order valence-electron chi connectivity index (χ3n) is 3.04. The van der Waals surface area contributed by atoms with Crippen LogP contribution in [0.25, 0.3) is 0 Å². The Hall–Kier alpha value is -1.97. The summed E-state index contributed by atoms with van der Waals surface area (Å²) in [6.45, 7) is 1.46. The van der Waals surface area contributed by atoms with Gasteiger partial charge in [0, 0.05) is 5.56 Å². The summed E-state index contributed by atoms with van der Waals surface area (Å²) >= 11 is 0. The number of carboxylic acid groups (broad SMARTS) is 1. The van der Waals surface area contributed by atoms with E-state index < -0.39 is 36.1 Å². The number of hydrogen-bond acceptors (Lipinski definition) is 3. The second-order valence-corrected chi connectivity index (χ2v) is 4.83. The molecule has 0 spiro atoms. The summed E-state index contributed by atoms with van der Waals surface area (Å²) in [6, 6.07) is 0.927. The summed E-state index contributed by atoms with van der Waals surface area (Å²) in [7, 11) is 0. The molecule has 0 aliphatic rings. The van der Waals surface area contributed by atoms with Gasteiger partial charge in [0.2, 0.25) is 0 Å². The van der Waals surface area contributed by atoms with Crippen LogP contribution < -0.4 is 4.74 Å². The van der Waals surface area contributed by atoms with Crippen LogP contribution >= 0.6 is 0 Å². The molecule has 0 saturated heterocycles. The fourth-order valence-electron chi connectivity index (χ4n) is 2.01. The van der Waals surface area contributed by atoms with Crippen LogP contribution in [0.5, 0.6) is 5.75 Å². The molecule has 0 bridgehead atoms. The van der Waals surface area contributed by atoms with Gasteiger partial charge in [-0.05, 0) is 37.1 Å². The SMILES string of the molecule is Cc1cc(C(O)(C(F)(F)F)C(F)(F)F)cc(C)c1OCC(=O)O. The molecule has 4 nitrogen and oxygen atoms in total. The van der Waals surface area contributed by atoms with Gasteiger partial charge in [0.25, 0.3) is 5.60 Å². The van der Waals surface area contributed by atoms with Crippen molar-refractivity contribution in [1.29, 1.82) is 0 Å². The molecule has 0 amide bonds. The van der Waals surface area contributed by atoms with Crippen molar-refractivity contribution in [3.63, 3.8) is 0 Å². The first-order chi connectivity index (χ1) is 10.2. The molecule has 10 heteroatoms. The molecule has 0 aromatic heterocycles. The first-order valence-corrected chi connectivity index (χ1v) is 6.04. The van der Waals surface area contributed by atoms with Crippen LogP contribution in [-0.4, -0.2) is 35.1 Å². The molecule has 2 N–H and O–H groups in total. The van der Waals surface area contributed by atoms with Crippen molar-refractivity contribution >= 4 is 5.97 Å². The maximum absolute atomic E-state index is 12.8. The van der Waals surface area contributed by atoms with Crippen molar-refractivity contribution in [1.82, 2.24) is 0 Å². The van der Waals surface area contributed by atoms with Gasteiger partial charge in [0.1, 0.15) is 5.75 Å². The first kappa shape index (κ1) is 19.1. The lowest BCUT2D eigenvalue weighted by molar-refractivity contribution is -0.376. The number of benzene rings is 1.